The lowest BCUT2D eigenvalue weighted by Crippen LogP contribution is -2.38. The van der Waals surface area contributed by atoms with E-state index < -0.39 is 0 Å². The lowest BCUT2D eigenvalue weighted by atomic mass is 9.94. The molecule has 2 heterocycles. The number of rotatable bonds is 5. The van der Waals surface area contributed by atoms with Crippen LogP contribution in [0.1, 0.15) is 45.9 Å². The number of nitrogens with zero attached hydrogens (tertiary/aromatic N) is 1. The molecular formula is C22H25N3O2. The molecule has 140 valence electrons. The van der Waals surface area contributed by atoms with Crippen molar-refractivity contribution in [2.75, 3.05) is 19.6 Å². The molecule has 0 radical (unpaired) electrons. The number of hydrogen-bond acceptors (Lipinski definition) is 3. The normalized spacial score (nSPS) is 19.0. The average molecular weight is 363 g/mol. The highest BCUT2D eigenvalue weighted by Gasteiger charge is 2.21. The van der Waals surface area contributed by atoms with Gasteiger partial charge in [-0.25, -0.2) is 0 Å². The van der Waals surface area contributed by atoms with Crippen molar-refractivity contribution in [2.24, 2.45) is 0 Å². The van der Waals surface area contributed by atoms with E-state index in [2.05, 4.69) is 28.8 Å². The topological polar surface area (TPSA) is 61.4 Å². The number of likely N-dealkylation sites (tertiary alicyclic amines) is 1. The first-order valence-electron chi connectivity index (χ1n) is 9.67. The van der Waals surface area contributed by atoms with E-state index in [0.717, 1.165) is 31.5 Å². The first-order valence-corrected chi connectivity index (χ1v) is 9.67. The van der Waals surface area contributed by atoms with Crippen LogP contribution in [0.15, 0.2) is 48.5 Å². The first-order chi connectivity index (χ1) is 13.2. The van der Waals surface area contributed by atoms with Gasteiger partial charge in [0.25, 0.3) is 5.91 Å². The summed E-state index contributed by atoms with van der Waals surface area (Å²) in [7, 11) is 0. The third kappa shape index (κ3) is 4.03. The molecule has 2 aromatic carbocycles. The molecule has 2 aliphatic rings. The Bertz CT molecular complexity index is 832. The Hall–Kier alpha value is -2.66. The van der Waals surface area contributed by atoms with Crippen molar-refractivity contribution in [1.29, 1.82) is 0 Å². The maximum absolute atomic E-state index is 12.5. The fourth-order valence-corrected chi connectivity index (χ4v) is 3.92. The van der Waals surface area contributed by atoms with Crippen LogP contribution in [0.2, 0.25) is 0 Å². The molecule has 2 aromatic rings. The molecule has 0 saturated carbocycles. The summed E-state index contributed by atoms with van der Waals surface area (Å²) in [5.41, 5.74) is 4.34. The van der Waals surface area contributed by atoms with Crippen LogP contribution in [0.25, 0.3) is 0 Å². The summed E-state index contributed by atoms with van der Waals surface area (Å²) in [5.74, 6) is 0.153. The number of benzene rings is 2. The van der Waals surface area contributed by atoms with Crippen LogP contribution in [0, 0.1) is 0 Å². The Morgan fingerprint density at radius 3 is 2.70 bits per heavy atom. The van der Waals surface area contributed by atoms with Crippen molar-refractivity contribution in [3.8, 4) is 0 Å². The number of fused-ring (bicyclic) bond motifs is 1. The molecule has 5 nitrogen and oxygen atoms in total. The fraction of sp³-hybridized carbons (Fsp3) is 0.364. The van der Waals surface area contributed by atoms with Crippen LogP contribution in [0.5, 0.6) is 0 Å². The van der Waals surface area contributed by atoms with Gasteiger partial charge < -0.3 is 15.5 Å². The van der Waals surface area contributed by atoms with Gasteiger partial charge in [-0.15, -0.1) is 0 Å². The van der Waals surface area contributed by atoms with Crippen molar-refractivity contribution < 1.29 is 9.59 Å². The Morgan fingerprint density at radius 1 is 1.11 bits per heavy atom. The summed E-state index contributed by atoms with van der Waals surface area (Å²) < 4.78 is 0. The number of nitrogens with one attached hydrogen (secondary N) is 2. The quantitative estimate of drug-likeness (QED) is 0.858. The molecule has 0 spiro atoms. The minimum atomic E-state index is -0.0661. The monoisotopic (exact) mass is 363 g/mol. The maximum Gasteiger partial charge on any atom is 0.251 e. The van der Waals surface area contributed by atoms with Crippen molar-refractivity contribution in [3.63, 3.8) is 0 Å². The molecule has 1 fully saturated rings. The van der Waals surface area contributed by atoms with Gasteiger partial charge in [0, 0.05) is 37.7 Å². The molecule has 27 heavy (non-hydrogen) atoms. The lowest BCUT2D eigenvalue weighted by Gasteiger charge is -2.27. The summed E-state index contributed by atoms with van der Waals surface area (Å²) >= 11 is 0. The highest BCUT2D eigenvalue weighted by Crippen LogP contribution is 2.22. The molecule has 4 rings (SSSR count). The van der Waals surface area contributed by atoms with Crippen molar-refractivity contribution >= 4 is 11.8 Å². The zero-order valence-corrected chi connectivity index (χ0v) is 15.4. The minimum absolute atomic E-state index is 0.0661. The molecule has 0 bridgehead atoms. The molecule has 0 aliphatic carbocycles. The smallest absolute Gasteiger partial charge is 0.251 e. The van der Waals surface area contributed by atoms with E-state index in [1.165, 1.54) is 11.1 Å². The van der Waals surface area contributed by atoms with Crippen LogP contribution in [-0.4, -0.2) is 36.3 Å². The van der Waals surface area contributed by atoms with E-state index in [1.807, 2.05) is 35.2 Å². The van der Waals surface area contributed by atoms with E-state index >= 15 is 0 Å². The van der Waals surface area contributed by atoms with Crippen molar-refractivity contribution in [2.45, 2.75) is 31.8 Å². The van der Waals surface area contributed by atoms with E-state index in [9.17, 15) is 9.59 Å². The van der Waals surface area contributed by atoms with E-state index in [-0.39, 0.29) is 17.9 Å². The summed E-state index contributed by atoms with van der Waals surface area (Å²) in [4.78, 5) is 26.1. The Labute approximate surface area is 159 Å². The van der Waals surface area contributed by atoms with Gasteiger partial charge in [-0.3, -0.25) is 9.59 Å². The van der Waals surface area contributed by atoms with Gasteiger partial charge in [0.1, 0.15) is 0 Å². The lowest BCUT2D eigenvalue weighted by molar-refractivity contribution is -0.128. The molecular weight excluding hydrogens is 338 g/mol. The molecule has 0 aromatic heterocycles. The molecule has 5 heteroatoms. The van der Waals surface area contributed by atoms with Gasteiger partial charge in [0.05, 0.1) is 0 Å². The predicted octanol–water partition coefficient (Wildman–Crippen LogP) is 2.43. The second kappa shape index (κ2) is 7.92. The van der Waals surface area contributed by atoms with Gasteiger partial charge >= 0.3 is 0 Å². The first kappa shape index (κ1) is 17.7. The van der Waals surface area contributed by atoms with Crippen LogP contribution in [0.4, 0.5) is 0 Å². The largest absolute Gasteiger partial charge is 0.350 e. The summed E-state index contributed by atoms with van der Waals surface area (Å²) in [6, 6.07) is 16.1. The molecule has 1 unspecified atom stereocenters. The summed E-state index contributed by atoms with van der Waals surface area (Å²) in [6.45, 7) is 2.96. The van der Waals surface area contributed by atoms with Crippen LogP contribution >= 0.6 is 0 Å². The fourth-order valence-electron chi connectivity index (χ4n) is 3.92. The molecule has 1 saturated heterocycles. The highest BCUT2D eigenvalue weighted by atomic mass is 16.2. The zero-order chi connectivity index (χ0) is 18.6. The minimum Gasteiger partial charge on any atom is -0.350 e. The SMILES string of the molecule is O=C(NCC1NCCc2ccccc21)c1ccc(CN2CCCC2=O)cc1. The molecule has 2 aliphatic heterocycles. The molecule has 2 N–H and O–H groups in total. The van der Waals surface area contributed by atoms with Crippen LogP contribution < -0.4 is 10.6 Å². The predicted molar refractivity (Wildman–Crippen MR) is 104 cm³/mol. The van der Waals surface area contributed by atoms with Crippen LogP contribution in [-0.2, 0) is 17.8 Å². The summed E-state index contributed by atoms with van der Waals surface area (Å²) in [6.07, 6.45) is 2.62. The van der Waals surface area contributed by atoms with E-state index in [0.29, 0.717) is 25.1 Å². The van der Waals surface area contributed by atoms with E-state index in [4.69, 9.17) is 0 Å². The second-order valence-corrected chi connectivity index (χ2v) is 7.28. The number of hydrogen-bond donors (Lipinski definition) is 2. The van der Waals surface area contributed by atoms with Gasteiger partial charge in [0.2, 0.25) is 5.91 Å². The van der Waals surface area contributed by atoms with Gasteiger partial charge in [-0.2, -0.15) is 0 Å². The Balaban J connectivity index is 1.34. The van der Waals surface area contributed by atoms with Crippen molar-refractivity contribution in [3.05, 3.63) is 70.8 Å². The maximum atomic E-state index is 12.5. The second-order valence-electron chi connectivity index (χ2n) is 7.28. The third-order valence-corrected chi connectivity index (χ3v) is 5.44. The molecule has 2 amide bonds. The number of carbonyl (C=O) groups is 2. The zero-order valence-electron chi connectivity index (χ0n) is 15.4. The number of carbonyl (C=O) groups excluding carboxylic acids is 2. The average Bonchev–Trinajstić information content (AvgIpc) is 3.11. The Kier molecular flexibility index (Phi) is 5.21. The standard InChI is InChI=1S/C22H25N3O2/c26-21-6-3-13-25(21)15-16-7-9-18(10-8-16)22(27)24-14-20-19-5-2-1-4-17(19)11-12-23-20/h1-2,4-5,7-10,20,23H,3,6,11-15H2,(H,24,27). The van der Waals surface area contributed by atoms with Crippen LogP contribution in [0.3, 0.4) is 0 Å². The summed E-state index contributed by atoms with van der Waals surface area (Å²) in [5, 5.41) is 6.53. The third-order valence-electron chi connectivity index (χ3n) is 5.44. The van der Waals surface area contributed by atoms with Gasteiger partial charge in [0.15, 0.2) is 0 Å². The van der Waals surface area contributed by atoms with Gasteiger partial charge in [-0.05, 0) is 48.2 Å². The van der Waals surface area contributed by atoms with Crippen molar-refractivity contribution in [1.82, 2.24) is 15.5 Å². The van der Waals surface area contributed by atoms with E-state index in [1.54, 1.807) is 0 Å². The highest BCUT2D eigenvalue weighted by molar-refractivity contribution is 5.94. The van der Waals surface area contributed by atoms with Gasteiger partial charge in [-0.1, -0.05) is 36.4 Å². The molecule has 1 atom stereocenters. The number of amides is 2. The Morgan fingerprint density at radius 2 is 1.93 bits per heavy atom.